The normalized spacial score (nSPS) is 12.4. The van der Waals surface area contributed by atoms with Gasteiger partial charge in [0.2, 0.25) is 0 Å². The van der Waals surface area contributed by atoms with Gasteiger partial charge >= 0.3 is 18.5 Å². The number of halogens is 9. The fourth-order valence-corrected chi connectivity index (χ4v) is 10.6. The summed E-state index contributed by atoms with van der Waals surface area (Å²) in [5.41, 5.74) is 10.5. The second-order valence-corrected chi connectivity index (χ2v) is 19.7. The predicted octanol–water partition coefficient (Wildman–Crippen LogP) is 20.2. The minimum atomic E-state index is -4.82. The highest BCUT2D eigenvalue weighted by Crippen LogP contribution is 2.45. The maximum atomic E-state index is 15.7. The first kappa shape index (κ1) is 49.1. The Morgan fingerprint density at radius 2 is 0.532 bits per heavy atom. The van der Waals surface area contributed by atoms with E-state index in [-0.39, 0.29) is 5.69 Å². The van der Waals surface area contributed by atoms with E-state index in [2.05, 4.69) is 34.9 Å². The Hall–Kier alpha value is -8.83. The fraction of sp³-hybridized carbons (Fsp3) is 0.0909. The Bertz CT molecular complexity index is 4270. The summed E-state index contributed by atoms with van der Waals surface area (Å²) in [5.74, 6) is 0. The molecule has 0 saturated heterocycles. The van der Waals surface area contributed by atoms with Crippen LogP contribution in [0.3, 0.4) is 0 Å². The highest BCUT2D eigenvalue weighted by atomic mass is 19.4. The smallest absolute Gasteiger partial charge is 0.309 e. The van der Waals surface area contributed by atoms with Crippen molar-refractivity contribution in [2.45, 2.75) is 39.3 Å². The molecule has 0 atom stereocenters. The molecule has 2 nitrogen and oxygen atoms in total. The van der Waals surface area contributed by atoms with Crippen LogP contribution in [0.2, 0.25) is 0 Å². The van der Waals surface area contributed by atoms with E-state index in [1.54, 1.807) is 28.8 Å². The number of aromatic nitrogens is 2. The Labute approximate surface area is 436 Å². The molecule has 0 amide bonds. The maximum Gasteiger partial charge on any atom is 0.418 e. The van der Waals surface area contributed by atoms with E-state index in [0.29, 0.717) is 55.2 Å². The number of nitrogens with zero attached hydrogens (tertiary/aromatic N) is 2. The first-order chi connectivity index (χ1) is 36.8. The summed E-state index contributed by atoms with van der Waals surface area (Å²) in [5, 5.41) is 3.13. The lowest BCUT2D eigenvalue weighted by molar-refractivity contribution is -0.138. The van der Waals surface area contributed by atoms with Crippen molar-refractivity contribution in [1.29, 1.82) is 0 Å². The topological polar surface area (TPSA) is 9.86 Å². The van der Waals surface area contributed by atoms with Gasteiger partial charge in [0.1, 0.15) is 0 Å². The molecule has 380 valence electrons. The molecule has 0 fully saturated rings. The van der Waals surface area contributed by atoms with Crippen LogP contribution in [0.4, 0.5) is 39.5 Å². The van der Waals surface area contributed by atoms with Crippen LogP contribution < -0.4 is 0 Å². The van der Waals surface area contributed by atoms with Crippen molar-refractivity contribution in [3.63, 3.8) is 0 Å². The van der Waals surface area contributed by atoms with Crippen molar-refractivity contribution in [3.05, 3.63) is 240 Å². The quantitative estimate of drug-likeness (QED) is 0.141. The van der Waals surface area contributed by atoms with E-state index in [0.717, 1.165) is 96.8 Å². The molecule has 0 aliphatic rings. The highest BCUT2D eigenvalue weighted by molar-refractivity contribution is 6.13. The number of aryl methyl sites for hydroxylation is 3. The minimum Gasteiger partial charge on any atom is -0.309 e. The predicted molar refractivity (Wildman–Crippen MR) is 292 cm³/mol. The van der Waals surface area contributed by atoms with Crippen LogP contribution in [0, 0.1) is 20.8 Å². The molecule has 0 spiro atoms. The molecule has 0 aliphatic carbocycles. The van der Waals surface area contributed by atoms with Gasteiger partial charge in [0, 0.05) is 27.2 Å². The van der Waals surface area contributed by atoms with Gasteiger partial charge in [-0.15, -0.1) is 0 Å². The van der Waals surface area contributed by atoms with Crippen LogP contribution in [0.1, 0.15) is 33.4 Å². The number of fused-ring (bicyclic) bond motifs is 6. The van der Waals surface area contributed by atoms with Crippen molar-refractivity contribution in [1.82, 2.24) is 9.13 Å². The first-order valence-corrected chi connectivity index (χ1v) is 24.8. The molecule has 0 N–H and O–H groups in total. The van der Waals surface area contributed by atoms with E-state index < -0.39 is 35.2 Å². The van der Waals surface area contributed by atoms with Crippen molar-refractivity contribution in [2.24, 2.45) is 0 Å². The maximum absolute atomic E-state index is 15.7. The lowest BCUT2D eigenvalue weighted by Crippen LogP contribution is -2.11. The van der Waals surface area contributed by atoms with Crippen LogP contribution in [0.15, 0.2) is 206 Å². The van der Waals surface area contributed by atoms with Gasteiger partial charge in [0.15, 0.2) is 0 Å². The summed E-state index contributed by atoms with van der Waals surface area (Å²) in [6.45, 7) is 5.94. The van der Waals surface area contributed by atoms with Gasteiger partial charge in [0.05, 0.1) is 44.4 Å². The molecule has 0 unspecified atom stereocenters. The molecule has 12 aromatic rings. The Balaban J connectivity index is 1.08. The number of rotatable bonds is 7. The van der Waals surface area contributed by atoms with Crippen LogP contribution in [-0.4, -0.2) is 9.13 Å². The van der Waals surface area contributed by atoms with E-state index in [9.17, 15) is 26.3 Å². The fourth-order valence-electron chi connectivity index (χ4n) is 10.6. The lowest BCUT2D eigenvalue weighted by Gasteiger charge is -2.19. The van der Waals surface area contributed by atoms with E-state index in [1.807, 2.05) is 112 Å². The summed E-state index contributed by atoms with van der Waals surface area (Å²) in [7, 11) is 0. The van der Waals surface area contributed by atoms with Gasteiger partial charge in [-0.1, -0.05) is 151 Å². The summed E-state index contributed by atoms with van der Waals surface area (Å²) in [4.78, 5) is 0. The van der Waals surface area contributed by atoms with E-state index >= 15 is 13.2 Å². The zero-order valence-corrected chi connectivity index (χ0v) is 41.4. The van der Waals surface area contributed by atoms with Crippen molar-refractivity contribution in [2.75, 3.05) is 0 Å². The third-order valence-corrected chi connectivity index (χ3v) is 14.7. The molecule has 0 bridgehead atoms. The molecule has 2 heterocycles. The number of hydrogen-bond acceptors (Lipinski definition) is 0. The SMILES string of the molecule is Cc1ccc(-c2ccc3c4ccc(-c5ccc(C(F)(F)F)cc5)cc4n(-c4cc(-c5ccc(C(F)(F)F)c(-n6c7cc(-c8ccc(C)cc8)ccc7c7ccc(-c8ccc(C(F)(F)F)cc8)cc76)c5)ccc4C)c3c2)cc1. The molecule has 0 radical (unpaired) electrons. The zero-order chi connectivity index (χ0) is 53.7. The van der Waals surface area contributed by atoms with Crippen LogP contribution in [-0.2, 0) is 18.5 Å². The Kier molecular flexibility index (Phi) is 11.6. The van der Waals surface area contributed by atoms with Crippen LogP contribution in [0.5, 0.6) is 0 Å². The average molecular weight is 1040 g/mol. The summed E-state index contributed by atoms with van der Waals surface area (Å²) >= 11 is 0. The number of alkyl halides is 9. The van der Waals surface area contributed by atoms with Gasteiger partial charge in [-0.05, 0) is 149 Å². The van der Waals surface area contributed by atoms with E-state index in [1.165, 1.54) is 30.3 Å². The summed E-state index contributed by atoms with van der Waals surface area (Å²) in [6, 6.07) is 58.6. The van der Waals surface area contributed by atoms with Gasteiger partial charge in [-0.2, -0.15) is 39.5 Å². The summed E-state index contributed by atoms with van der Waals surface area (Å²) < 4.78 is 133. The molecule has 10 aromatic carbocycles. The lowest BCUT2D eigenvalue weighted by atomic mass is 9.99. The van der Waals surface area contributed by atoms with E-state index in [4.69, 9.17) is 0 Å². The largest absolute Gasteiger partial charge is 0.418 e. The molecule has 11 heteroatoms. The third-order valence-electron chi connectivity index (χ3n) is 14.7. The van der Waals surface area contributed by atoms with Crippen molar-refractivity contribution < 1.29 is 39.5 Å². The average Bonchev–Trinajstić information content (AvgIpc) is 4.03. The Morgan fingerprint density at radius 1 is 0.260 bits per heavy atom. The van der Waals surface area contributed by atoms with Gasteiger partial charge < -0.3 is 9.13 Å². The van der Waals surface area contributed by atoms with Gasteiger partial charge in [-0.25, -0.2) is 0 Å². The minimum absolute atomic E-state index is 0.150. The van der Waals surface area contributed by atoms with Crippen molar-refractivity contribution in [3.8, 4) is 67.0 Å². The van der Waals surface area contributed by atoms with Crippen LogP contribution in [0.25, 0.3) is 111 Å². The molecule has 12 rings (SSSR count). The third kappa shape index (κ3) is 8.89. The monoisotopic (exact) mass is 1030 g/mol. The molecular formula is C66H43F9N2. The Morgan fingerprint density at radius 3 is 0.870 bits per heavy atom. The highest BCUT2D eigenvalue weighted by Gasteiger charge is 2.36. The van der Waals surface area contributed by atoms with Crippen molar-refractivity contribution >= 4 is 43.6 Å². The van der Waals surface area contributed by atoms with Crippen LogP contribution >= 0.6 is 0 Å². The second kappa shape index (κ2) is 18.2. The summed E-state index contributed by atoms with van der Waals surface area (Å²) in [6.07, 6.45) is -13.9. The molecule has 0 saturated carbocycles. The van der Waals surface area contributed by atoms with Gasteiger partial charge in [-0.3, -0.25) is 0 Å². The zero-order valence-electron chi connectivity index (χ0n) is 41.4. The first-order valence-electron chi connectivity index (χ1n) is 24.8. The standard InChI is InChI=1S/C66H43F9N2/c1-38-4-9-41(10-5-38)45-18-27-53-54-28-20-47(43-14-23-51(24-15-43)64(67,68)69)34-60(54)76(59(53)33-45)58-32-49(13-8-40(58)3)50-22-31-57(66(73,74)75)63(37-50)77-61-35-46(42-11-6-39(2)7-12-42)19-29-55(61)56-30-21-48(36-62(56)77)44-16-25-52(26-17-44)65(70,71)72/h4-37H,1-3H3. The second-order valence-electron chi connectivity index (χ2n) is 19.7. The molecule has 77 heavy (non-hydrogen) atoms. The number of hydrogen-bond donors (Lipinski definition) is 0. The molecular weight excluding hydrogens is 992 g/mol. The number of benzene rings is 10. The molecule has 2 aromatic heterocycles. The van der Waals surface area contributed by atoms with Gasteiger partial charge in [0.25, 0.3) is 0 Å². The molecule has 0 aliphatic heterocycles.